The van der Waals surface area contributed by atoms with E-state index in [9.17, 15) is 0 Å². The summed E-state index contributed by atoms with van der Waals surface area (Å²) >= 11 is 0. The van der Waals surface area contributed by atoms with E-state index in [1.807, 2.05) is 38.6 Å². The van der Waals surface area contributed by atoms with E-state index in [-0.39, 0.29) is 0 Å². The van der Waals surface area contributed by atoms with E-state index in [1.54, 1.807) is 0 Å². The van der Waals surface area contributed by atoms with E-state index < -0.39 is 0 Å². The van der Waals surface area contributed by atoms with Crippen molar-refractivity contribution in [3.63, 3.8) is 0 Å². The van der Waals surface area contributed by atoms with Gasteiger partial charge in [-0.15, -0.1) is 0 Å². The van der Waals surface area contributed by atoms with Gasteiger partial charge in [-0.05, 0) is 25.3 Å². The molecule has 0 spiro atoms. The molecule has 0 saturated carbocycles. The van der Waals surface area contributed by atoms with Crippen LogP contribution in [0.25, 0.3) is 0 Å². The number of aliphatic imine (C=N–C) groups is 1. The second kappa shape index (κ2) is 10.6. The van der Waals surface area contributed by atoms with Crippen LogP contribution in [-0.2, 0) is 0 Å². The maximum atomic E-state index is 4.28. The average molecular weight is 249 g/mol. The first kappa shape index (κ1) is 16.5. The third kappa shape index (κ3) is 9.70. The van der Waals surface area contributed by atoms with E-state index in [0.29, 0.717) is 0 Å². The van der Waals surface area contributed by atoms with E-state index in [2.05, 4.69) is 42.4 Å². The topological polar surface area (TPSA) is 27.6 Å². The molecule has 1 N–H and O–H groups in total. The Morgan fingerprint density at radius 2 is 2.06 bits per heavy atom. The van der Waals surface area contributed by atoms with Crippen LogP contribution in [0.5, 0.6) is 0 Å². The molecule has 0 aromatic heterocycles. The van der Waals surface area contributed by atoms with Gasteiger partial charge in [0.25, 0.3) is 0 Å². The van der Waals surface area contributed by atoms with Crippen LogP contribution in [0.15, 0.2) is 40.7 Å². The first-order valence-electron chi connectivity index (χ1n) is 6.50. The highest BCUT2D eigenvalue weighted by atomic mass is 15.1. The zero-order chi connectivity index (χ0) is 13.8. The summed E-state index contributed by atoms with van der Waals surface area (Å²) < 4.78 is 0. The predicted molar refractivity (Wildman–Crippen MR) is 81.7 cm³/mol. The highest BCUT2D eigenvalue weighted by molar-refractivity contribution is 5.55. The van der Waals surface area contributed by atoms with Crippen LogP contribution in [0.1, 0.15) is 33.1 Å². The van der Waals surface area contributed by atoms with E-state index >= 15 is 0 Å². The Kier molecular flexibility index (Phi) is 9.74. The molecule has 0 aromatic carbocycles. The van der Waals surface area contributed by atoms with Gasteiger partial charge in [0, 0.05) is 33.0 Å². The summed E-state index contributed by atoms with van der Waals surface area (Å²) in [5, 5.41) is 3.11. The molecule has 0 aliphatic carbocycles. The SMILES string of the molecule is CCCC(/C=C/C/C=C(/C)NC)=C\N=CN(C)C. The number of allylic oxidation sites excluding steroid dienone is 5. The van der Waals surface area contributed by atoms with Crippen LogP contribution in [-0.4, -0.2) is 32.4 Å². The first-order valence-corrected chi connectivity index (χ1v) is 6.50. The fourth-order valence-electron chi connectivity index (χ4n) is 1.31. The normalized spacial score (nSPS) is 13.6. The number of hydrogen-bond donors (Lipinski definition) is 1. The van der Waals surface area contributed by atoms with Gasteiger partial charge in [0.2, 0.25) is 0 Å². The van der Waals surface area contributed by atoms with Crippen LogP contribution in [0.4, 0.5) is 0 Å². The molecule has 0 fully saturated rings. The van der Waals surface area contributed by atoms with Crippen LogP contribution < -0.4 is 5.32 Å². The molecule has 0 aliphatic heterocycles. The maximum absolute atomic E-state index is 4.28. The first-order chi connectivity index (χ1) is 8.60. The Balaban J connectivity index is 4.39. The molecule has 0 rings (SSSR count). The van der Waals surface area contributed by atoms with Crippen molar-refractivity contribution in [2.75, 3.05) is 21.1 Å². The summed E-state index contributed by atoms with van der Waals surface area (Å²) in [7, 11) is 5.88. The molecule has 0 saturated heterocycles. The zero-order valence-electron chi connectivity index (χ0n) is 12.4. The summed E-state index contributed by atoms with van der Waals surface area (Å²) in [6.45, 7) is 4.25. The Morgan fingerprint density at radius 1 is 1.33 bits per heavy atom. The maximum Gasteiger partial charge on any atom is 0.0899 e. The van der Waals surface area contributed by atoms with Gasteiger partial charge in [-0.1, -0.05) is 31.6 Å². The zero-order valence-corrected chi connectivity index (χ0v) is 12.4. The fourth-order valence-corrected chi connectivity index (χ4v) is 1.31. The monoisotopic (exact) mass is 249 g/mol. The van der Waals surface area contributed by atoms with Gasteiger partial charge in [0.05, 0.1) is 6.34 Å². The highest BCUT2D eigenvalue weighted by Crippen LogP contribution is 2.07. The molecular weight excluding hydrogens is 222 g/mol. The second-order valence-corrected chi connectivity index (χ2v) is 4.46. The van der Waals surface area contributed by atoms with Gasteiger partial charge in [0.1, 0.15) is 0 Å². The van der Waals surface area contributed by atoms with Crippen molar-refractivity contribution in [2.45, 2.75) is 33.1 Å². The lowest BCUT2D eigenvalue weighted by Gasteiger charge is -2.01. The molecule has 0 radical (unpaired) electrons. The lowest BCUT2D eigenvalue weighted by molar-refractivity contribution is 0.643. The minimum Gasteiger partial charge on any atom is -0.392 e. The van der Waals surface area contributed by atoms with Crippen molar-refractivity contribution >= 4 is 6.34 Å². The second-order valence-electron chi connectivity index (χ2n) is 4.46. The quantitative estimate of drug-likeness (QED) is 0.406. The van der Waals surface area contributed by atoms with Crippen molar-refractivity contribution in [1.29, 1.82) is 0 Å². The minimum absolute atomic E-state index is 0.950. The van der Waals surface area contributed by atoms with Gasteiger partial charge in [-0.3, -0.25) is 0 Å². The molecule has 3 heteroatoms. The Morgan fingerprint density at radius 3 is 2.61 bits per heavy atom. The molecule has 0 unspecified atom stereocenters. The Hall–Kier alpha value is -1.51. The van der Waals surface area contributed by atoms with Gasteiger partial charge < -0.3 is 10.2 Å². The van der Waals surface area contributed by atoms with Crippen molar-refractivity contribution < 1.29 is 0 Å². The smallest absolute Gasteiger partial charge is 0.0899 e. The lowest BCUT2D eigenvalue weighted by atomic mass is 10.1. The summed E-state index contributed by atoms with van der Waals surface area (Å²) in [6.07, 6.45) is 13.4. The van der Waals surface area contributed by atoms with Gasteiger partial charge in [-0.2, -0.15) is 0 Å². The number of nitrogens with zero attached hydrogens (tertiary/aromatic N) is 2. The van der Waals surface area contributed by atoms with Gasteiger partial charge >= 0.3 is 0 Å². The Labute approximate surface area is 112 Å². The van der Waals surface area contributed by atoms with Crippen LogP contribution in [0.3, 0.4) is 0 Å². The molecule has 0 amide bonds. The molecule has 0 bridgehead atoms. The number of rotatable bonds is 8. The molecule has 0 heterocycles. The third-order valence-corrected chi connectivity index (χ3v) is 2.36. The summed E-state index contributed by atoms with van der Waals surface area (Å²) in [4.78, 5) is 6.21. The van der Waals surface area contributed by atoms with Gasteiger partial charge in [0.15, 0.2) is 0 Å². The highest BCUT2D eigenvalue weighted by Gasteiger charge is 1.89. The predicted octanol–water partition coefficient (Wildman–Crippen LogP) is 3.33. The largest absolute Gasteiger partial charge is 0.392 e. The lowest BCUT2D eigenvalue weighted by Crippen LogP contribution is -2.06. The fraction of sp³-hybridized carbons (Fsp3) is 0.533. The molecular formula is C15H27N3. The van der Waals surface area contributed by atoms with Crippen molar-refractivity contribution in [1.82, 2.24) is 10.2 Å². The standard InChI is InChI=1S/C15H27N3/c1-6-9-15(12-17-13-18(4)5)11-8-7-10-14(2)16-3/h8,10-13,16H,6-7,9H2,1-5H3/b11-8+,14-10-,15-12+,17-13?. The van der Waals surface area contributed by atoms with E-state index in [0.717, 1.165) is 19.3 Å². The summed E-state index contributed by atoms with van der Waals surface area (Å²) in [6, 6.07) is 0. The molecule has 0 aliphatic rings. The Bertz CT molecular complexity index is 323. The summed E-state index contributed by atoms with van der Waals surface area (Å²) in [5.74, 6) is 0. The van der Waals surface area contributed by atoms with E-state index in [4.69, 9.17) is 0 Å². The molecule has 102 valence electrons. The third-order valence-electron chi connectivity index (χ3n) is 2.36. The van der Waals surface area contributed by atoms with Crippen LogP contribution >= 0.6 is 0 Å². The number of nitrogens with one attached hydrogen (secondary N) is 1. The van der Waals surface area contributed by atoms with E-state index in [1.165, 1.54) is 11.3 Å². The van der Waals surface area contributed by atoms with Crippen molar-refractivity contribution in [3.05, 3.63) is 35.7 Å². The number of hydrogen-bond acceptors (Lipinski definition) is 2. The molecule has 0 atom stereocenters. The minimum atomic E-state index is 0.950. The van der Waals surface area contributed by atoms with Gasteiger partial charge in [-0.25, -0.2) is 4.99 Å². The average Bonchev–Trinajstić information content (AvgIpc) is 2.33. The summed E-state index contributed by atoms with van der Waals surface area (Å²) in [5.41, 5.74) is 2.47. The van der Waals surface area contributed by atoms with Crippen molar-refractivity contribution in [2.24, 2.45) is 4.99 Å². The van der Waals surface area contributed by atoms with Crippen LogP contribution in [0.2, 0.25) is 0 Å². The van der Waals surface area contributed by atoms with Crippen molar-refractivity contribution in [3.8, 4) is 0 Å². The van der Waals surface area contributed by atoms with Crippen LogP contribution in [0, 0.1) is 0 Å². The molecule has 18 heavy (non-hydrogen) atoms. The molecule has 0 aromatic rings. The molecule has 3 nitrogen and oxygen atoms in total.